The molecule has 0 saturated heterocycles. The summed E-state index contributed by atoms with van der Waals surface area (Å²) in [6.07, 6.45) is 0.437. The number of thioether (sulfide) groups is 1. The molecule has 0 aliphatic rings. The molecule has 2 aromatic carbocycles. The number of amides is 2. The molecule has 1 atom stereocenters. The summed E-state index contributed by atoms with van der Waals surface area (Å²) in [4.78, 5) is 27.2. The Kier molecular flexibility index (Phi) is 10.4. The van der Waals surface area contributed by atoms with Gasteiger partial charge in [0.15, 0.2) is 0 Å². The van der Waals surface area contributed by atoms with E-state index in [1.807, 2.05) is 13.8 Å². The van der Waals surface area contributed by atoms with E-state index in [-0.39, 0.29) is 29.9 Å². The molecule has 1 N–H and O–H groups in total. The van der Waals surface area contributed by atoms with Gasteiger partial charge in [-0.1, -0.05) is 53.9 Å². The van der Waals surface area contributed by atoms with Gasteiger partial charge in [0.2, 0.25) is 11.8 Å². The third-order valence-electron chi connectivity index (χ3n) is 4.63. The van der Waals surface area contributed by atoms with Gasteiger partial charge in [-0.05, 0) is 43.2 Å². The van der Waals surface area contributed by atoms with E-state index >= 15 is 0 Å². The molecule has 0 aliphatic carbocycles. The van der Waals surface area contributed by atoms with Crippen molar-refractivity contribution in [3.8, 4) is 0 Å². The highest BCUT2D eigenvalue weighted by atomic mass is 35.5. The lowest BCUT2D eigenvalue weighted by molar-refractivity contribution is -0.139. The van der Waals surface area contributed by atoms with E-state index in [1.54, 1.807) is 24.3 Å². The Hall–Kier alpha value is -1.47. The molecule has 1 unspecified atom stereocenters. The molecule has 4 nitrogen and oxygen atoms in total. The molecule has 0 bridgehead atoms. The molecule has 0 heterocycles. The lowest BCUT2D eigenvalue weighted by Crippen LogP contribution is -2.49. The molecule has 0 spiro atoms. The maximum atomic E-state index is 14.0. The van der Waals surface area contributed by atoms with E-state index in [2.05, 4.69) is 5.32 Å². The average molecular weight is 506 g/mol. The van der Waals surface area contributed by atoms with Crippen LogP contribution in [0.4, 0.5) is 4.39 Å². The first-order valence-electron chi connectivity index (χ1n) is 9.80. The molecule has 31 heavy (non-hydrogen) atoms. The van der Waals surface area contributed by atoms with Gasteiger partial charge >= 0.3 is 0 Å². The number of rotatable bonds is 10. The van der Waals surface area contributed by atoms with E-state index in [4.69, 9.17) is 34.8 Å². The Labute approximate surface area is 201 Å². The van der Waals surface area contributed by atoms with Crippen molar-refractivity contribution in [3.05, 3.63) is 68.4 Å². The second-order valence-electron chi connectivity index (χ2n) is 6.77. The van der Waals surface area contributed by atoms with Crippen LogP contribution in [0, 0.1) is 5.82 Å². The van der Waals surface area contributed by atoms with E-state index in [1.165, 1.54) is 28.8 Å². The SMILES string of the molecule is CCNC(=O)C(CC)N(Cc1ccc(Cl)cc1Cl)C(=O)CSCc1c(F)cccc1Cl. The number of halogens is 4. The lowest BCUT2D eigenvalue weighted by Gasteiger charge is -2.30. The van der Waals surface area contributed by atoms with Gasteiger partial charge in [0.05, 0.1) is 5.75 Å². The summed E-state index contributed by atoms with van der Waals surface area (Å²) in [5.41, 5.74) is 1.04. The fourth-order valence-electron chi connectivity index (χ4n) is 3.04. The van der Waals surface area contributed by atoms with Crippen LogP contribution < -0.4 is 5.32 Å². The lowest BCUT2D eigenvalue weighted by atomic mass is 10.1. The van der Waals surface area contributed by atoms with Crippen molar-refractivity contribution in [1.82, 2.24) is 10.2 Å². The van der Waals surface area contributed by atoms with Gasteiger partial charge < -0.3 is 10.2 Å². The second kappa shape index (κ2) is 12.5. The van der Waals surface area contributed by atoms with Crippen LogP contribution in [0.3, 0.4) is 0 Å². The van der Waals surface area contributed by atoms with Crippen LogP contribution in [0.1, 0.15) is 31.4 Å². The van der Waals surface area contributed by atoms with Gasteiger partial charge in [0.25, 0.3) is 0 Å². The largest absolute Gasteiger partial charge is 0.355 e. The maximum absolute atomic E-state index is 14.0. The molecule has 168 valence electrons. The van der Waals surface area contributed by atoms with Crippen molar-refractivity contribution in [2.75, 3.05) is 12.3 Å². The van der Waals surface area contributed by atoms with E-state index in [0.29, 0.717) is 39.2 Å². The van der Waals surface area contributed by atoms with Crippen LogP contribution in [0.25, 0.3) is 0 Å². The molecular formula is C22H24Cl3FN2O2S. The molecule has 2 aromatic rings. The van der Waals surface area contributed by atoms with Gasteiger partial charge in [0, 0.05) is 39.5 Å². The predicted octanol–water partition coefficient (Wildman–Crippen LogP) is 5.96. The van der Waals surface area contributed by atoms with Crippen molar-refractivity contribution < 1.29 is 14.0 Å². The standard InChI is InChI=1S/C22H24Cl3FN2O2S/c1-3-20(22(30)27-4-2)28(11-14-8-9-15(23)10-18(14)25)21(29)13-31-12-16-17(24)6-5-7-19(16)26/h5-10,20H,3-4,11-13H2,1-2H3,(H,27,30). The minimum Gasteiger partial charge on any atom is -0.355 e. The molecule has 0 radical (unpaired) electrons. The minimum atomic E-state index is -0.656. The number of hydrogen-bond acceptors (Lipinski definition) is 3. The van der Waals surface area contributed by atoms with Crippen LogP contribution in [-0.2, 0) is 21.9 Å². The summed E-state index contributed by atoms with van der Waals surface area (Å²) in [6.45, 7) is 4.28. The molecular weight excluding hydrogens is 482 g/mol. The average Bonchev–Trinajstić information content (AvgIpc) is 2.71. The quantitative estimate of drug-likeness (QED) is 0.433. The van der Waals surface area contributed by atoms with Crippen molar-refractivity contribution in [1.29, 1.82) is 0 Å². The first-order chi connectivity index (χ1) is 14.8. The highest BCUT2D eigenvalue weighted by Crippen LogP contribution is 2.26. The number of nitrogens with one attached hydrogen (secondary N) is 1. The molecule has 0 aromatic heterocycles. The number of benzene rings is 2. The summed E-state index contributed by atoms with van der Waals surface area (Å²) in [7, 11) is 0. The second-order valence-corrected chi connectivity index (χ2v) is 9.01. The van der Waals surface area contributed by atoms with Crippen LogP contribution >= 0.6 is 46.6 Å². The molecule has 9 heteroatoms. The third-order valence-corrected chi connectivity index (χ3v) is 6.51. The molecule has 0 fully saturated rings. The first-order valence-corrected chi connectivity index (χ1v) is 12.1. The highest BCUT2D eigenvalue weighted by Gasteiger charge is 2.28. The zero-order chi connectivity index (χ0) is 23.0. The van der Waals surface area contributed by atoms with Gasteiger partial charge in [-0.2, -0.15) is 0 Å². The van der Waals surface area contributed by atoms with Crippen LogP contribution in [-0.4, -0.2) is 35.1 Å². The molecule has 2 amide bonds. The van der Waals surface area contributed by atoms with Crippen molar-refractivity contribution in [2.45, 2.75) is 38.6 Å². The summed E-state index contributed by atoms with van der Waals surface area (Å²) < 4.78 is 14.0. The number of nitrogens with zero attached hydrogens (tertiary/aromatic N) is 1. The summed E-state index contributed by atoms with van der Waals surface area (Å²) >= 11 is 19.6. The molecule has 0 saturated carbocycles. The summed E-state index contributed by atoms with van der Waals surface area (Å²) in [5, 5.41) is 4.00. The van der Waals surface area contributed by atoms with Gasteiger partial charge in [-0.15, -0.1) is 11.8 Å². The summed E-state index contributed by atoms with van der Waals surface area (Å²) in [5.74, 6) is -0.588. The monoisotopic (exact) mass is 504 g/mol. The zero-order valence-electron chi connectivity index (χ0n) is 17.3. The normalized spacial score (nSPS) is 11.8. The van der Waals surface area contributed by atoms with Crippen LogP contribution in [0.5, 0.6) is 0 Å². The Bertz CT molecular complexity index is 909. The Morgan fingerprint density at radius 2 is 1.87 bits per heavy atom. The van der Waals surface area contributed by atoms with Crippen molar-refractivity contribution >= 4 is 58.4 Å². The fraction of sp³-hybridized carbons (Fsp3) is 0.364. The van der Waals surface area contributed by atoms with Crippen LogP contribution in [0.15, 0.2) is 36.4 Å². The van der Waals surface area contributed by atoms with E-state index < -0.39 is 11.9 Å². The summed E-state index contributed by atoms with van der Waals surface area (Å²) in [6, 6.07) is 8.85. The van der Waals surface area contributed by atoms with E-state index in [9.17, 15) is 14.0 Å². The minimum absolute atomic E-state index is 0.0613. The highest BCUT2D eigenvalue weighted by molar-refractivity contribution is 7.99. The smallest absolute Gasteiger partial charge is 0.242 e. The number of likely N-dealkylation sites (N-methyl/N-ethyl adjacent to an activating group) is 1. The fourth-order valence-corrected chi connectivity index (χ4v) is 4.76. The van der Waals surface area contributed by atoms with Crippen molar-refractivity contribution in [2.24, 2.45) is 0 Å². The van der Waals surface area contributed by atoms with Gasteiger partial charge in [-0.3, -0.25) is 9.59 Å². The number of hydrogen-bond donors (Lipinski definition) is 1. The van der Waals surface area contributed by atoms with E-state index in [0.717, 1.165) is 0 Å². The zero-order valence-corrected chi connectivity index (χ0v) is 20.3. The Morgan fingerprint density at radius 1 is 1.13 bits per heavy atom. The molecule has 2 rings (SSSR count). The number of carbonyl (C=O) groups is 2. The Morgan fingerprint density at radius 3 is 2.48 bits per heavy atom. The van der Waals surface area contributed by atoms with Gasteiger partial charge in [0.1, 0.15) is 11.9 Å². The van der Waals surface area contributed by atoms with Crippen LogP contribution in [0.2, 0.25) is 15.1 Å². The first kappa shape index (κ1) is 25.8. The molecule has 0 aliphatic heterocycles. The topological polar surface area (TPSA) is 49.4 Å². The van der Waals surface area contributed by atoms with Gasteiger partial charge in [-0.25, -0.2) is 4.39 Å². The van der Waals surface area contributed by atoms with Crippen molar-refractivity contribution in [3.63, 3.8) is 0 Å². The predicted molar refractivity (Wildman–Crippen MR) is 127 cm³/mol. The number of carbonyl (C=O) groups excluding carboxylic acids is 2. The third kappa shape index (κ3) is 7.28. The maximum Gasteiger partial charge on any atom is 0.242 e. The Balaban J connectivity index is 2.19.